The van der Waals surface area contributed by atoms with Gasteiger partial charge in [0.25, 0.3) is 0 Å². The van der Waals surface area contributed by atoms with E-state index >= 15 is 0 Å². The number of aliphatic hydroxyl groups excluding tert-OH is 1. The van der Waals surface area contributed by atoms with Gasteiger partial charge in [-0.05, 0) is 37.6 Å². The Kier molecular flexibility index (Phi) is 4.14. The number of hydrogen-bond donors (Lipinski definition) is 1. The minimum absolute atomic E-state index is 0.00547. The van der Waals surface area contributed by atoms with E-state index in [-0.39, 0.29) is 6.61 Å². The lowest BCUT2D eigenvalue weighted by Gasteiger charge is -2.15. The molecule has 3 rings (SSSR count). The molecule has 4 nitrogen and oxygen atoms in total. The van der Waals surface area contributed by atoms with Crippen LogP contribution in [0.2, 0.25) is 0 Å². The van der Waals surface area contributed by atoms with Gasteiger partial charge in [0.15, 0.2) is 0 Å². The first-order valence-corrected chi connectivity index (χ1v) is 7.21. The van der Waals surface area contributed by atoms with Gasteiger partial charge in [-0.3, -0.25) is 4.90 Å². The lowest BCUT2D eigenvalue weighted by Crippen LogP contribution is -2.25. The average molecular weight is 272 g/mol. The number of rotatable bonds is 5. The van der Waals surface area contributed by atoms with Gasteiger partial charge in [0.1, 0.15) is 6.61 Å². The van der Waals surface area contributed by atoms with E-state index in [0.717, 1.165) is 23.0 Å². The number of benzene rings is 1. The normalized spacial score (nSPS) is 15.8. The monoisotopic (exact) mass is 272 g/mol. The van der Waals surface area contributed by atoms with E-state index in [1.165, 1.54) is 25.9 Å². The van der Waals surface area contributed by atoms with Crippen molar-refractivity contribution in [2.45, 2.75) is 19.4 Å². The Balaban J connectivity index is 1.70. The van der Waals surface area contributed by atoms with Crippen LogP contribution in [0.1, 0.15) is 18.4 Å². The molecule has 1 saturated heterocycles. The van der Waals surface area contributed by atoms with Crippen LogP contribution >= 0.6 is 0 Å². The van der Waals surface area contributed by atoms with Crippen LogP contribution in [-0.4, -0.2) is 41.2 Å². The molecular weight excluding hydrogens is 252 g/mol. The fourth-order valence-corrected chi connectivity index (χ4v) is 2.71. The van der Waals surface area contributed by atoms with Crippen LogP contribution in [0.4, 0.5) is 0 Å². The number of ether oxygens (including phenoxy) is 1. The SMILES string of the molecule is OCc1cc(OCCN2CCCC2)nc2ccccc12. The van der Waals surface area contributed by atoms with Crippen LogP contribution in [0.5, 0.6) is 5.88 Å². The van der Waals surface area contributed by atoms with Gasteiger partial charge in [-0.15, -0.1) is 0 Å². The highest BCUT2D eigenvalue weighted by molar-refractivity contribution is 5.82. The van der Waals surface area contributed by atoms with E-state index in [1.807, 2.05) is 30.3 Å². The van der Waals surface area contributed by atoms with E-state index < -0.39 is 0 Å². The quantitative estimate of drug-likeness (QED) is 0.906. The lowest BCUT2D eigenvalue weighted by atomic mass is 10.1. The van der Waals surface area contributed by atoms with Gasteiger partial charge < -0.3 is 9.84 Å². The number of fused-ring (bicyclic) bond motifs is 1. The molecule has 0 aliphatic carbocycles. The largest absolute Gasteiger partial charge is 0.476 e. The molecule has 0 radical (unpaired) electrons. The highest BCUT2D eigenvalue weighted by Crippen LogP contribution is 2.22. The maximum Gasteiger partial charge on any atom is 0.214 e. The Morgan fingerprint density at radius 3 is 2.80 bits per heavy atom. The number of pyridine rings is 1. The van der Waals surface area contributed by atoms with Crippen molar-refractivity contribution in [1.82, 2.24) is 9.88 Å². The maximum atomic E-state index is 9.47. The Labute approximate surface area is 119 Å². The zero-order valence-electron chi connectivity index (χ0n) is 11.6. The third kappa shape index (κ3) is 2.92. The minimum Gasteiger partial charge on any atom is -0.476 e. The summed E-state index contributed by atoms with van der Waals surface area (Å²) >= 11 is 0. The van der Waals surface area contributed by atoms with E-state index in [2.05, 4.69) is 9.88 Å². The molecule has 1 aliphatic heterocycles. The van der Waals surface area contributed by atoms with Crippen molar-refractivity contribution in [3.8, 4) is 5.88 Å². The molecule has 0 spiro atoms. The third-order valence-corrected chi connectivity index (χ3v) is 3.80. The summed E-state index contributed by atoms with van der Waals surface area (Å²) in [5.74, 6) is 0.604. The number of hydrogen-bond acceptors (Lipinski definition) is 4. The van der Waals surface area contributed by atoms with E-state index in [1.54, 1.807) is 0 Å². The summed E-state index contributed by atoms with van der Waals surface area (Å²) in [6.07, 6.45) is 2.59. The Bertz CT molecular complexity index is 580. The fraction of sp³-hybridized carbons (Fsp3) is 0.438. The number of likely N-dealkylation sites (tertiary alicyclic amines) is 1. The molecule has 1 aliphatic rings. The summed E-state index contributed by atoms with van der Waals surface area (Å²) in [6, 6.07) is 9.66. The predicted octanol–water partition coefficient (Wildman–Crippen LogP) is 2.20. The number of para-hydroxylation sites is 1. The van der Waals surface area contributed by atoms with Crippen LogP contribution in [-0.2, 0) is 6.61 Å². The third-order valence-electron chi connectivity index (χ3n) is 3.80. The molecule has 0 unspecified atom stereocenters. The van der Waals surface area contributed by atoms with Gasteiger partial charge in [-0.25, -0.2) is 4.98 Å². The summed E-state index contributed by atoms with van der Waals surface area (Å²) in [4.78, 5) is 6.91. The standard InChI is InChI=1S/C16H20N2O2/c19-12-13-11-16(17-15-6-2-1-5-14(13)15)20-10-9-18-7-3-4-8-18/h1-2,5-6,11,19H,3-4,7-10,12H2. The van der Waals surface area contributed by atoms with Crippen LogP contribution in [0.15, 0.2) is 30.3 Å². The van der Waals surface area contributed by atoms with Gasteiger partial charge in [0.2, 0.25) is 5.88 Å². The Morgan fingerprint density at radius 2 is 2.00 bits per heavy atom. The summed E-state index contributed by atoms with van der Waals surface area (Å²) in [7, 11) is 0. The molecule has 1 N–H and O–H groups in total. The summed E-state index contributed by atoms with van der Waals surface area (Å²) in [5, 5.41) is 10.5. The number of aliphatic hydroxyl groups is 1. The molecule has 1 aromatic heterocycles. The summed E-state index contributed by atoms with van der Waals surface area (Å²) in [6.45, 7) is 3.96. The van der Waals surface area contributed by atoms with Crippen molar-refractivity contribution < 1.29 is 9.84 Å². The Morgan fingerprint density at radius 1 is 1.20 bits per heavy atom. The molecular formula is C16H20N2O2. The molecule has 0 bridgehead atoms. The van der Waals surface area contributed by atoms with Crippen LogP contribution in [0.3, 0.4) is 0 Å². The van der Waals surface area contributed by atoms with E-state index in [9.17, 15) is 5.11 Å². The zero-order chi connectivity index (χ0) is 13.8. The zero-order valence-corrected chi connectivity index (χ0v) is 11.6. The summed E-state index contributed by atoms with van der Waals surface area (Å²) in [5.41, 5.74) is 1.74. The average Bonchev–Trinajstić information content (AvgIpc) is 2.99. The number of aromatic nitrogens is 1. The highest BCUT2D eigenvalue weighted by Gasteiger charge is 2.11. The second kappa shape index (κ2) is 6.20. The topological polar surface area (TPSA) is 45.6 Å². The minimum atomic E-state index is 0.00547. The highest BCUT2D eigenvalue weighted by atomic mass is 16.5. The fourth-order valence-electron chi connectivity index (χ4n) is 2.71. The molecule has 20 heavy (non-hydrogen) atoms. The first kappa shape index (κ1) is 13.3. The molecule has 106 valence electrons. The molecule has 0 saturated carbocycles. The summed E-state index contributed by atoms with van der Waals surface area (Å²) < 4.78 is 5.75. The molecule has 1 aromatic carbocycles. The second-order valence-corrected chi connectivity index (χ2v) is 5.19. The van der Waals surface area contributed by atoms with E-state index in [4.69, 9.17) is 4.74 Å². The van der Waals surface area contributed by atoms with Crippen molar-refractivity contribution in [3.05, 3.63) is 35.9 Å². The van der Waals surface area contributed by atoms with Gasteiger partial charge in [0.05, 0.1) is 12.1 Å². The smallest absolute Gasteiger partial charge is 0.214 e. The molecule has 1 fully saturated rings. The van der Waals surface area contributed by atoms with Crippen molar-refractivity contribution in [3.63, 3.8) is 0 Å². The molecule has 0 atom stereocenters. The van der Waals surface area contributed by atoms with Crippen molar-refractivity contribution >= 4 is 10.9 Å². The maximum absolute atomic E-state index is 9.47. The molecule has 2 aromatic rings. The number of nitrogens with zero attached hydrogens (tertiary/aromatic N) is 2. The van der Waals surface area contributed by atoms with Crippen molar-refractivity contribution in [1.29, 1.82) is 0 Å². The Hall–Kier alpha value is -1.65. The second-order valence-electron chi connectivity index (χ2n) is 5.19. The molecule has 2 heterocycles. The molecule has 0 amide bonds. The van der Waals surface area contributed by atoms with Crippen molar-refractivity contribution in [2.75, 3.05) is 26.2 Å². The van der Waals surface area contributed by atoms with Gasteiger partial charge >= 0.3 is 0 Å². The van der Waals surface area contributed by atoms with Crippen LogP contribution < -0.4 is 4.74 Å². The van der Waals surface area contributed by atoms with Crippen LogP contribution in [0, 0.1) is 0 Å². The first-order valence-electron chi connectivity index (χ1n) is 7.21. The lowest BCUT2D eigenvalue weighted by molar-refractivity contribution is 0.231. The van der Waals surface area contributed by atoms with E-state index in [0.29, 0.717) is 12.5 Å². The van der Waals surface area contributed by atoms with Crippen LogP contribution in [0.25, 0.3) is 10.9 Å². The predicted molar refractivity (Wildman–Crippen MR) is 78.8 cm³/mol. The van der Waals surface area contributed by atoms with Gasteiger partial charge in [0, 0.05) is 18.0 Å². The molecule has 4 heteroatoms. The van der Waals surface area contributed by atoms with Gasteiger partial charge in [-0.1, -0.05) is 18.2 Å². The van der Waals surface area contributed by atoms with Gasteiger partial charge in [-0.2, -0.15) is 0 Å². The van der Waals surface area contributed by atoms with Crippen molar-refractivity contribution in [2.24, 2.45) is 0 Å². The first-order chi connectivity index (χ1) is 9.86.